The Balaban J connectivity index is 2.72. The lowest BCUT2D eigenvalue weighted by atomic mass is 9.93. The molecule has 0 atom stereocenters. The number of aliphatic imine (C=N–C) groups is 1. The summed E-state index contributed by atoms with van der Waals surface area (Å²) >= 11 is 0. The first-order valence-electron chi connectivity index (χ1n) is 7.21. The van der Waals surface area contributed by atoms with E-state index >= 15 is 0 Å². The molecule has 0 unspecified atom stereocenters. The molecule has 1 aromatic rings. The second kappa shape index (κ2) is 7.89. The zero-order valence-electron chi connectivity index (χ0n) is 14.4. The van der Waals surface area contributed by atoms with E-state index in [0.717, 1.165) is 12.2 Å². The molecule has 22 heavy (non-hydrogen) atoms. The quantitative estimate of drug-likeness (QED) is 0.595. The summed E-state index contributed by atoms with van der Waals surface area (Å²) in [6, 6.07) is 5.52. The van der Waals surface area contributed by atoms with Gasteiger partial charge in [0.2, 0.25) is 0 Å². The number of benzene rings is 1. The number of methoxy groups -OCH3 is 2. The van der Waals surface area contributed by atoms with E-state index in [1.54, 1.807) is 14.2 Å². The SMILES string of the molecule is COc1ccc(NC(N)=NCC(C)(C)CN(C)C)cc1OC. The summed E-state index contributed by atoms with van der Waals surface area (Å²) in [5.41, 5.74) is 6.83. The van der Waals surface area contributed by atoms with Crippen LogP contribution < -0.4 is 20.5 Å². The van der Waals surface area contributed by atoms with E-state index in [2.05, 4.69) is 43.2 Å². The van der Waals surface area contributed by atoms with Crippen molar-refractivity contribution in [3.05, 3.63) is 18.2 Å². The van der Waals surface area contributed by atoms with Crippen LogP contribution in [0.2, 0.25) is 0 Å². The van der Waals surface area contributed by atoms with Crippen LogP contribution in [-0.2, 0) is 0 Å². The van der Waals surface area contributed by atoms with Crippen LogP contribution in [0.25, 0.3) is 0 Å². The molecule has 0 aromatic heterocycles. The normalized spacial score (nSPS) is 12.4. The van der Waals surface area contributed by atoms with Crippen molar-refractivity contribution in [3.63, 3.8) is 0 Å². The fourth-order valence-electron chi connectivity index (χ4n) is 2.31. The predicted octanol–water partition coefficient (Wildman–Crippen LogP) is 2.02. The molecule has 124 valence electrons. The van der Waals surface area contributed by atoms with Gasteiger partial charge in [-0.05, 0) is 31.6 Å². The van der Waals surface area contributed by atoms with Gasteiger partial charge < -0.3 is 25.4 Å². The van der Waals surface area contributed by atoms with Crippen molar-refractivity contribution in [2.75, 3.05) is 46.7 Å². The van der Waals surface area contributed by atoms with Crippen LogP contribution in [-0.4, -0.2) is 52.3 Å². The maximum absolute atomic E-state index is 5.96. The van der Waals surface area contributed by atoms with E-state index < -0.39 is 0 Å². The number of ether oxygens (including phenoxy) is 2. The average molecular weight is 308 g/mol. The average Bonchev–Trinajstić information content (AvgIpc) is 2.44. The van der Waals surface area contributed by atoms with Crippen LogP contribution in [0.1, 0.15) is 13.8 Å². The third-order valence-corrected chi connectivity index (χ3v) is 3.08. The largest absolute Gasteiger partial charge is 0.493 e. The molecule has 0 bridgehead atoms. The summed E-state index contributed by atoms with van der Waals surface area (Å²) in [6.07, 6.45) is 0. The lowest BCUT2D eigenvalue weighted by Crippen LogP contribution is -2.32. The third kappa shape index (κ3) is 5.81. The molecular weight excluding hydrogens is 280 g/mol. The zero-order chi connectivity index (χ0) is 16.8. The van der Waals surface area contributed by atoms with Crippen molar-refractivity contribution in [2.24, 2.45) is 16.1 Å². The highest BCUT2D eigenvalue weighted by molar-refractivity contribution is 5.92. The molecule has 0 saturated heterocycles. The number of hydrogen-bond acceptors (Lipinski definition) is 4. The number of anilines is 1. The molecular formula is C16H28N4O2. The van der Waals surface area contributed by atoms with Gasteiger partial charge in [-0.3, -0.25) is 4.99 Å². The van der Waals surface area contributed by atoms with Crippen LogP contribution in [0.15, 0.2) is 23.2 Å². The summed E-state index contributed by atoms with van der Waals surface area (Å²) < 4.78 is 10.5. The first-order chi connectivity index (χ1) is 10.3. The summed E-state index contributed by atoms with van der Waals surface area (Å²) in [6.45, 7) is 5.93. The van der Waals surface area contributed by atoms with E-state index in [0.29, 0.717) is 24.0 Å². The summed E-state index contributed by atoms with van der Waals surface area (Å²) in [4.78, 5) is 6.57. The Kier molecular flexibility index (Phi) is 6.49. The van der Waals surface area contributed by atoms with Crippen molar-refractivity contribution in [2.45, 2.75) is 13.8 Å². The van der Waals surface area contributed by atoms with E-state index in [1.165, 1.54) is 0 Å². The van der Waals surface area contributed by atoms with Crippen LogP contribution in [0.5, 0.6) is 11.5 Å². The van der Waals surface area contributed by atoms with E-state index in [1.807, 2.05) is 18.2 Å². The van der Waals surface area contributed by atoms with Gasteiger partial charge in [-0.2, -0.15) is 0 Å². The van der Waals surface area contributed by atoms with Gasteiger partial charge in [-0.25, -0.2) is 0 Å². The van der Waals surface area contributed by atoms with Crippen LogP contribution in [0.4, 0.5) is 5.69 Å². The molecule has 0 amide bonds. The fraction of sp³-hybridized carbons (Fsp3) is 0.562. The van der Waals surface area contributed by atoms with Crippen molar-refractivity contribution in [1.82, 2.24) is 4.90 Å². The standard InChI is InChI=1S/C16H28N4O2/c1-16(2,11-20(3)4)10-18-15(17)19-12-7-8-13(21-5)14(9-12)22-6/h7-9H,10-11H2,1-6H3,(H3,17,18,19). The molecule has 0 spiro atoms. The van der Waals surface area contributed by atoms with E-state index in [9.17, 15) is 0 Å². The lowest BCUT2D eigenvalue weighted by molar-refractivity contribution is 0.249. The third-order valence-electron chi connectivity index (χ3n) is 3.08. The van der Waals surface area contributed by atoms with Gasteiger partial charge in [-0.1, -0.05) is 13.8 Å². The number of nitrogens with zero attached hydrogens (tertiary/aromatic N) is 2. The first kappa shape index (κ1) is 18.1. The number of nitrogens with one attached hydrogen (secondary N) is 1. The molecule has 6 heteroatoms. The number of hydrogen-bond donors (Lipinski definition) is 2. The summed E-state index contributed by atoms with van der Waals surface area (Å²) in [5.74, 6) is 1.71. The Labute approximate surface area is 133 Å². The van der Waals surface area contributed by atoms with Crippen molar-refractivity contribution < 1.29 is 9.47 Å². The Bertz CT molecular complexity index is 513. The molecule has 0 heterocycles. The number of rotatable bonds is 7. The highest BCUT2D eigenvalue weighted by Crippen LogP contribution is 2.29. The highest BCUT2D eigenvalue weighted by Gasteiger charge is 2.18. The van der Waals surface area contributed by atoms with Gasteiger partial charge >= 0.3 is 0 Å². The Morgan fingerprint density at radius 2 is 1.86 bits per heavy atom. The molecule has 0 aliphatic carbocycles. The predicted molar refractivity (Wildman–Crippen MR) is 92.0 cm³/mol. The molecule has 6 nitrogen and oxygen atoms in total. The van der Waals surface area contributed by atoms with E-state index in [4.69, 9.17) is 15.2 Å². The maximum atomic E-state index is 5.96. The molecule has 0 aliphatic rings. The van der Waals surface area contributed by atoms with E-state index in [-0.39, 0.29) is 5.41 Å². The second-order valence-electron chi connectivity index (χ2n) is 6.30. The first-order valence-corrected chi connectivity index (χ1v) is 7.21. The van der Waals surface area contributed by atoms with Crippen LogP contribution >= 0.6 is 0 Å². The van der Waals surface area contributed by atoms with Gasteiger partial charge in [0.25, 0.3) is 0 Å². The second-order valence-corrected chi connectivity index (χ2v) is 6.30. The Morgan fingerprint density at radius 3 is 2.41 bits per heavy atom. The minimum atomic E-state index is 0.0629. The van der Waals surface area contributed by atoms with Crippen LogP contribution in [0, 0.1) is 5.41 Å². The van der Waals surface area contributed by atoms with Gasteiger partial charge in [0.05, 0.1) is 14.2 Å². The van der Waals surface area contributed by atoms with Crippen molar-refractivity contribution >= 4 is 11.6 Å². The number of nitrogens with two attached hydrogens (primary N) is 1. The highest BCUT2D eigenvalue weighted by atomic mass is 16.5. The van der Waals surface area contributed by atoms with Crippen LogP contribution in [0.3, 0.4) is 0 Å². The summed E-state index contributed by atoms with van der Waals surface area (Å²) in [7, 11) is 7.31. The smallest absolute Gasteiger partial charge is 0.193 e. The molecule has 1 rings (SSSR count). The molecule has 0 radical (unpaired) electrons. The van der Waals surface area contributed by atoms with Gasteiger partial charge in [0.15, 0.2) is 17.5 Å². The monoisotopic (exact) mass is 308 g/mol. The molecule has 0 fully saturated rings. The van der Waals surface area contributed by atoms with Crippen molar-refractivity contribution in [1.29, 1.82) is 0 Å². The molecule has 0 saturated carbocycles. The topological polar surface area (TPSA) is 72.1 Å². The fourth-order valence-corrected chi connectivity index (χ4v) is 2.31. The molecule has 0 aliphatic heterocycles. The van der Waals surface area contributed by atoms with Gasteiger partial charge in [0, 0.05) is 24.8 Å². The Morgan fingerprint density at radius 1 is 1.23 bits per heavy atom. The molecule has 3 N–H and O–H groups in total. The minimum Gasteiger partial charge on any atom is -0.493 e. The van der Waals surface area contributed by atoms with Gasteiger partial charge in [-0.15, -0.1) is 0 Å². The maximum Gasteiger partial charge on any atom is 0.193 e. The van der Waals surface area contributed by atoms with Crippen molar-refractivity contribution in [3.8, 4) is 11.5 Å². The minimum absolute atomic E-state index is 0.0629. The lowest BCUT2D eigenvalue weighted by Gasteiger charge is -2.26. The summed E-state index contributed by atoms with van der Waals surface area (Å²) in [5, 5.41) is 3.07. The Hall–Kier alpha value is -1.95. The number of guanidine groups is 1. The molecule has 1 aromatic carbocycles. The zero-order valence-corrected chi connectivity index (χ0v) is 14.4. The van der Waals surface area contributed by atoms with Gasteiger partial charge in [0.1, 0.15) is 0 Å².